The van der Waals surface area contributed by atoms with Gasteiger partial charge in [-0.3, -0.25) is 0 Å². The zero-order valence-electron chi connectivity index (χ0n) is 10.8. The lowest BCUT2D eigenvalue weighted by Gasteiger charge is -2.06. The third kappa shape index (κ3) is 3.11. The molecule has 1 aromatic carbocycles. The van der Waals surface area contributed by atoms with E-state index in [-0.39, 0.29) is 5.82 Å². The fourth-order valence-electron chi connectivity index (χ4n) is 2.22. The number of nitrogens with one attached hydrogen (secondary N) is 1. The van der Waals surface area contributed by atoms with Crippen LogP contribution in [-0.4, -0.2) is 11.1 Å². The predicted octanol–water partition coefficient (Wildman–Crippen LogP) is 4.39. The second-order valence-electron chi connectivity index (χ2n) is 4.62. The first kappa shape index (κ1) is 13.8. The van der Waals surface area contributed by atoms with Gasteiger partial charge in [0.25, 0.3) is 0 Å². The highest BCUT2D eigenvalue weighted by Gasteiger charge is 2.02. The van der Waals surface area contributed by atoms with Crippen LogP contribution >= 0.6 is 27.3 Å². The molecular formula is C15H14BrFN2S. The number of benzene rings is 1. The molecule has 0 fully saturated rings. The second kappa shape index (κ2) is 6.08. The minimum atomic E-state index is -0.184. The van der Waals surface area contributed by atoms with Gasteiger partial charge in [0.1, 0.15) is 5.82 Å². The van der Waals surface area contributed by atoms with E-state index in [4.69, 9.17) is 0 Å². The van der Waals surface area contributed by atoms with Crippen LogP contribution in [0, 0.1) is 5.82 Å². The molecule has 2 nitrogen and oxygen atoms in total. The van der Waals surface area contributed by atoms with Crippen LogP contribution in [0.25, 0.3) is 10.9 Å². The van der Waals surface area contributed by atoms with Gasteiger partial charge in [-0.05, 0) is 46.3 Å². The van der Waals surface area contributed by atoms with Crippen molar-refractivity contribution in [2.24, 2.45) is 0 Å². The summed E-state index contributed by atoms with van der Waals surface area (Å²) in [6, 6.07) is 9.00. The monoisotopic (exact) mass is 352 g/mol. The number of hydrogen-bond donors (Lipinski definition) is 1. The zero-order valence-corrected chi connectivity index (χ0v) is 13.2. The number of halogens is 2. The van der Waals surface area contributed by atoms with Gasteiger partial charge in [-0.2, -0.15) is 0 Å². The molecule has 0 amide bonds. The van der Waals surface area contributed by atoms with Gasteiger partial charge in [0.05, 0.1) is 0 Å². The zero-order chi connectivity index (χ0) is 13.9. The van der Waals surface area contributed by atoms with E-state index in [0.29, 0.717) is 0 Å². The minimum Gasteiger partial charge on any atom is -0.346 e. The van der Waals surface area contributed by atoms with Crippen LogP contribution < -0.4 is 5.32 Å². The summed E-state index contributed by atoms with van der Waals surface area (Å²) >= 11 is 5.20. The Morgan fingerprint density at radius 1 is 1.25 bits per heavy atom. The molecule has 5 heteroatoms. The maximum Gasteiger partial charge on any atom is 0.123 e. The molecule has 2 heterocycles. The lowest BCUT2D eigenvalue weighted by molar-refractivity contribution is 0.611. The molecule has 0 aliphatic heterocycles. The van der Waals surface area contributed by atoms with Crippen molar-refractivity contribution in [3.63, 3.8) is 0 Å². The highest BCUT2D eigenvalue weighted by molar-refractivity contribution is 9.10. The first-order valence-corrected chi connectivity index (χ1v) is 8.08. The minimum absolute atomic E-state index is 0.184. The molecule has 0 bridgehead atoms. The largest absolute Gasteiger partial charge is 0.346 e. The second-order valence-corrected chi connectivity index (χ2v) is 6.53. The van der Waals surface area contributed by atoms with E-state index in [0.717, 1.165) is 35.0 Å². The smallest absolute Gasteiger partial charge is 0.123 e. The average molecular weight is 353 g/mol. The Morgan fingerprint density at radius 3 is 2.95 bits per heavy atom. The van der Waals surface area contributed by atoms with Gasteiger partial charge in [-0.1, -0.05) is 0 Å². The van der Waals surface area contributed by atoms with Crippen molar-refractivity contribution in [3.05, 3.63) is 57.1 Å². The molecule has 0 unspecified atom stereocenters. The Bertz CT molecular complexity index is 720. The van der Waals surface area contributed by atoms with Crippen molar-refractivity contribution < 1.29 is 4.39 Å². The summed E-state index contributed by atoms with van der Waals surface area (Å²) in [6.45, 7) is 2.64. The Hall–Kier alpha value is -1.17. The number of hydrogen-bond acceptors (Lipinski definition) is 2. The summed E-state index contributed by atoms with van der Waals surface area (Å²) in [5, 5.41) is 6.46. The maximum atomic E-state index is 13.1. The van der Waals surface area contributed by atoms with E-state index in [1.807, 2.05) is 18.3 Å². The third-order valence-electron chi connectivity index (χ3n) is 3.18. The number of thiophene rings is 1. The van der Waals surface area contributed by atoms with Crippen LogP contribution in [0.1, 0.15) is 4.88 Å². The quantitative estimate of drug-likeness (QED) is 0.673. The Kier molecular flexibility index (Phi) is 4.19. The van der Waals surface area contributed by atoms with E-state index < -0.39 is 0 Å². The van der Waals surface area contributed by atoms with Crippen molar-refractivity contribution in [2.75, 3.05) is 6.54 Å². The van der Waals surface area contributed by atoms with Gasteiger partial charge < -0.3 is 9.88 Å². The highest BCUT2D eigenvalue weighted by atomic mass is 79.9. The molecule has 3 rings (SSSR count). The normalized spacial score (nSPS) is 11.3. The van der Waals surface area contributed by atoms with Crippen molar-refractivity contribution in [1.82, 2.24) is 9.88 Å². The first-order chi connectivity index (χ1) is 9.72. The van der Waals surface area contributed by atoms with E-state index in [2.05, 4.69) is 37.3 Å². The van der Waals surface area contributed by atoms with Gasteiger partial charge in [-0.15, -0.1) is 11.3 Å². The summed E-state index contributed by atoms with van der Waals surface area (Å²) in [7, 11) is 0. The Balaban J connectivity index is 1.57. The molecule has 0 spiro atoms. The van der Waals surface area contributed by atoms with Crippen LogP contribution in [0.15, 0.2) is 46.4 Å². The molecule has 0 aliphatic rings. The van der Waals surface area contributed by atoms with Gasteiger partial charge in [-0.25, -0.2) is 4.39 Å². The fourth-order valence-corrected chi connectivity index (χ4v) is 3.64. The van der Waals surface area contributed by atoms with Crippen LogP contribution in [0.4, 0.5) is 4.39 Å². The molecule has 3 aromatic rings. The summed E-state index contributed by atoms with van der Waals surface area (Å²) in [6.07, 6.45) is 2.01. The van der Waals surface area contributed by atoms with Crippen LogP contribution in [0.5, 0.6) is 0 Å². The van der Waals surface area contributed by atoms with Gasteiger partial charge >= 0.3 is 0 Å². The summed E-state index contributed by atoms with van der Waals surface area (Å²) in [5.41, 5.74) is 1.08. The van der Waals surface area contributed by atoms with Gasteiger partial charge in [0.15, 0.2) is 0 Å². The van der Waals surface area contributed by atoms with E-state index in [1.165, 1.54) is 10.9 Å². The Morgan fingerprint density at radius 2 is 2.15 bits per heavy atom. The van der Waals surface area contributed by atoms with Crippen molar-refractivity contribution >= 4 is 38.2 Å². The number of nitrogens with zero attached hydrogens (tertiary/aromatic N) is 1. The Labute approximate surface area is 129 Å². The topological polar surface area (TPSA) is 17.0 Å². The molecular weight excluding hydrogens is 339 g/mol. The third-order valence-corrected chi connectivity index (χ3v) is 4.88. The molecule has 0 saturated carbocycles. The number of rotatable bonds is 5. The van der Waals surface area contributed by atoms with E-state index in [9.17, 15) is 4.39 Å². The molecule has 0 aliphatic carbocycles. The van der Waals surface area contributed by atoms with E-state index in [1.54, 1.807) is 17.4 Å². The number of aromatic nitrogens is 1. The summed E-state index contributed by atoms with van der Waals surface area (Å²) in [5.74, 6) is -0.184. The maximum absolute atomic E-state index is 13.1. The van der Waals surface area contributed by atoms with Crippen LogP contribution in [0.2, 0.25) is 0 Å². The molecule has 0 atom stereocenters. The lowest BCUT2D eigenvalue weighted by atomic mass is 10.2. The molecule has 20 heavy (non-hydrogen) atoms. The molecule has 0 saturated heterocycles. The SMILES string of the molecule is Fc1ccc2c(ccn2CCNCc2cc(Br)cs2)c1. The van der Waals surface area contributed by atoms with Gasteiger partial charge in [0, 0.05) is 51.5 Å². The first-order valence-electron chi connectivity index (χ1n) is 6.40. The van der Waals surface area contributed by atoms with Crippen molar-refractivity contribution in [1.29, 1.82) is 0 Å². The van der Waals surface area contributed by atoms with Crippen molar-refractivity contribution in [3.8, 4) is 0 Å². The highest BCUT2D eigenvalue weighted by Crippen LogP contribution is 2.19. The lowest BCUT2D eigenvalue weighted by Crippen LogP contribution is -2.18. The molecule has 2 aromatic heterocycles. The predicted molar refractivity (Wildman–Crippen MR) is 85.6 cm³/mol. The molecule has 1 N–H and O–H groups in total. The summed E-state index contributed by atoms with van der Waals surface area (Å²) in [4.78, 5) is 1.32. The van der Waals surface area contributed by atoms with Crippen LogP contribution in [-0.2, 0) is 13.1 Å². The van der Waals surface area contributed by atoms with Crippen LogP contribution in [0.3, 0.4) is 0 Å². The fraction of sp³-hybridized carbons (Fsp3) is 0.200. The standard InChI is InChI=1S/C15H14BrFN2S/c16-12-8-14(20-10-12)9-18-4-6-19-5-3-11-7-13(17)1-2-15(11)19/h1-3,5,7-8,10,18H,4,6,9H2. The van der Waals surface area contributed by atoms with E-state index >= 15 is 0 Å². The summed E-state index contributed by atoms with van der Waals surface area (Å²) < 4.78 is 16.4. The van der Waals surface area contributed by atoms with Gasteiger partial charge in [0.2, 0.25) is 0 Å². The molecule has 104 valence electrons. The average Bonchev–Trinajstić information content (AvgIpc) is 3.01. The molecule has 0 radical (unpaired) electrons. The number of fused-ring (bicyclic) bond motifs is 1. The van der Waals surface area contributed by atoms with Crippen molar-refractivity contribution in [2.45, 2.75) is 13.1 Å².